The van der Waals surface area contributed by atoms with Gasteiger partial charge in [0.2, 0.25) is 0 Å². The van der Waals surface area contributed by atoms with Crippen LogP contribution in [0.15, 0.2) is 54.7 Å². The Labute approximate surface area is 197 Å². The van der Waals surface area contributed by atoms with Gasteiger partial charge in [-0.2, -0.15) is 0 Å². The van der Waals surface area contributed by atoms with Crippen LogP contribution in [0, 0.1) is 0 Å². The molecule has 3 aromatic rings. The van der Waals surface area contributed by atoms with E-state index in [1.165, 1.54) is 42.4 Å². The molecular weight excluding hydrogens is 408 g/mol. The summed E-state index contributed by atoms with van der Waals surface area (Å²) in [6.45, 7) is 7.48. The predicted octanol–water partition coefficient (Wildman–Crippen LogP) is 4.94. The second kappa shape index (κ2) is 10.4. The maximum absolute atomic E-state index is 12.9. The number of nitrogens with zero attached hydrogens (tertiary/aromatic N) is 3. The molecule has 0 aliphatic carbocycles. The molecule has 2 saturated heterocycles. The molecule has 0 bridgehead atoms. The molecule has 0 unspecified atom stereocenters. The number of anilines is 1. The minimum atomic E-state index is 0.193. The number of hydrogen-bond acceptors (Lipinski definition) is 3. The Kier molecular flexibility index (Phi) is 6.96. The Hall–Kier alpha value is -2.79. The number of H-pyrrole nitrogens is 1. The number of aromatic nitrogens is 1. The minimum Gasteiger partial charge on any atom is -0.369 e. The molecule has 0 saturated carbocycles. The number of carbonyl (C=O) groups excluding carboxylic acids is 1. The average molecular weight is 445 g/mol. The Morgan fingerprint density at radius 2 is 1.64 bits per heavy atom. The van der Waals surface area contributed by atoms with E-state index >= 15 is 0 Å². The zero-order chi connectivity index (χ0) is 22.5. The molecule has 2 aliphatic heterocycles. The molecule has 5 nitrogen and oxygen atoms in total. The highest BCUT2D eigenvalue weighted by atomic mass is 16.2. The van der Waals surface area contributed by atoms with Crippen LogP contribution in [0.4, 0.5) is 5.69 Å². The number of aromatic amines is 1. The van der Waals surface area contributed by atoms with Crippen LogP contribution in [0.2, 0.25) is 0 Å². The van der Waals surface area contributed by atoms with Gasteiger partial charge in [0.25, 0.3) is 5.91 Å². The van der Waals surface area contributed by atoms with Crippen LogP contribution in [-0.2, 0) is 6.42 Å². The first-order chi connectivity index (χ1) is 16.3. The highest BCUT2D eigenvalue weighted by Gasteiger charge is 2.19. The van der Waals surface area contributed by atoms with Crippen molar-refractivity contribution in [3.8, 4) is 0 Å². The minimum absolute atomic E-state index is 0.193. The summed E-state index contributed by atoms with van der Waals surface area (Å²) < 4.78 is 0. The fourth-order valence-corrected chi connectivity index (χ4v) is 5.32. The van der Waals surface area contributed by atoms with Crippen molar-refractivity contribution in [1.29, 1.82) is 0 Å². The maximum Gasteiger partial charge on any atom is 0.253 e. The summed E-state index contributed by atoms with van der Waals surface area (Å²) in [4.78, 5) is 23.5. The van der Waals surface area contributed by atoms with Crippen molar-refractivity contribution in [2.24, 2.45) is 0 Å². The molecule has 2 aliphatic rings. The van der Waals surface area contributed by atoms with E-state index in [4.69, 9.17) is 0 Å². The van der Waals surface area contributed by atoms with Crippen LogP contribution in [0.3, 0.4) is 0 Å². The number of rotatable bonds is 7. The molecule has 0 atom stereocenters. The van der Waals surface area contributed by atoms with Gasteiger partial charge in [0.05, 0.1) is 0 Å². The van der Waals surface area contributed by atoms with Crippen molar-refractivity contribution < 1.29 is 4.79 Å². The molecule has 0 radical (unpaired) electrons. The highest BCUT2D eigenvalue weighted by Crippen LogP contribution is 2.23. The van der Waals surface area contributed by atoms with Crippen molar-refractivity contribution in [2.45, 2.75) is 38.5 Å². The zero-order valence-electron chi connectivity index (χ0n) is 19.6. The van der Waals surface area contributed by atoms with E-state index < -0.39 is 0 Å². The third-order valence-corrected chi connectivity index (χ3v) is 7.32. The fourth-order valence-electron chi connectivity index (χ4n) is 5.32. The number of benzene rings is 2. The highest BCUT2D eigenvalue weighted by molar-refractivity contribution is 5.98. The molecule has 2 aromatic carbocycles. The molecule has 1 aromatic heterocycles. The number of amides is 1. The van der Waals surface area contributed by atoms with E-state index in [9.17, 15) is 4.79 Å². The number of aryl methyl sites for hydroxylation is 1. The number of para-hydroxylation sites is 1. The van der Waals surface area contributed by atoms with Crippen LogP contribution in [0.1, 0.15) is 48.0 Å². The third kappa shape index (κ3) is 5.25. The van der Waals surface area contributed by atoms with Gasteiger partial charge in [0.15, 0.2) is 0 Å². The quantitative estimate of drug-likeness (QED) is 0.525. The SMILES string of the molecule is O=C(c1ccc2[nH]cc(CCCCN3CCN(c4ccccc4)CC3)c2c1)N1CCCCC1. The van der Waals surface area contributed by atoms with E-state index in [1.54, 1.807) is 0 Å². The maximum atomic E-state index is 12.9. The first-order valence-corrected chi connectivity index (χ1v) is 12.7. The molecular formula is C28H36N4O. The number of piperazine rings is 1. The number of likely N-dealkylation sites (tertiary alicyclic amines) is 1. The van der Waals surface area contributed by atoms with Gasteiger partial charge in [-0.1, -0.05) is 18.2 Å². The number of carbonyl (C=O) groups is 1. The lowest BCUT2D eigenvalue weighted by molar-refractivity contribution is 0.0724. The van der Waals surface area contributed by atoms with Gasteiger partial charge in [-0.05, 0) is 81.0 Å². The van der Waals surface area contributed by atoms with Crippen LogP contribution in [0.25, 0.3) is 10.9 Å². The van der Waals surface area contributed by atoms with Crippen LogP contribution >= 0.6 is 0 Å². The number of unbranched alkanes of at least 4 members (excludes halogenated alkanes) is 1. The number of piperidine rings is 1. The van der Waals surface area contributed by atoms with Crippen molar-refractivity contribution in [3.05, 3.63) is 65.9 Å². The Morgan fingerprint density at radius 1 is 0.848 bits per heavy atom. The third-order valence-electron chi connectivity index (χ3n) is 7.32. The molecule has 1 N–H and O–H groups in total. The standard InChI is InChI=1S/C28H36N4O/c33-28(32-15-6-2-7-16-32)23-12-13-27-26(21-23)24(22-29-27)9-5-8-14-30-17-19-31(20-18-30)25-10-3-1-4-11-25/h1,3-4,10-13,21-22,29H,2,5-9,14-20H2. The molecule has 1 amide bonds. The fraction of sp³-hybridized carbons (Fsp3) is 0.464. The summed E-state index contributed by atoms with van der Waals surface area (Å²) in [5.41, 5.74) is 4.65. The Balaban J connectivity index is 1.11. The number of nitrogens with one attached hydrogen (secondary N) is 1. The van der Waals surface area contributed by atoms with Gasteiger partial charge in [0, 0.05) is 67.6 Å². The van der Waals surface area contributed by atoms with E-state index in [0.29, 0.717) is 0 Å². The second-order valence-corrected chi connectivity index (χ2v) is 9.55. The lowest BCUT2D eigenvalue weighted by Crippen LogP contribution is -2.46. The van der Waals surface area contributed by atoms with Gasteiger partial charge >= 0.3 is 0 Å². The normalized spacial score (nSPS) is 17.6. The largest absolute Gasteiger partial charge is 0.369 e. The molecule has 5 rings (SSSR count). The lowest BCUT2D eigenvalue weighted by Gasteiger charge is -2.36. The molecule has 2 fully saturated rings. The van der Waals surface area contributed by atoms with E-state index in [-0.39, 0.29) is 5.91 Å². The molecule has 174 valence electrons. The summed E-state index contributed by atoms with van der Waals surface area (Å²) in [5.74, 6) is 0.193. The second-order valence-electron chi connectivity index (χ2n) is 9.55. The van der Waals surface area contributed by atoms with Gasteiger partial charge in [-0.3, -0.25) is 9.69 Å². The first-order valence-electron chi connectivity index (χ1n) is 12.7. The summed E-state index contributed by atoms with van der Waals surface area (Å²) in [7, 11) is 0. The van der Waals surface area contributed by atoms with Crippen LogP contribution in [0.5, 0.6) is 0 Å². The first kappa shape index (κ1) is 22.0. The van der Waals surface area contributed by atoms with Gasteiger partial charge in [-0.25, -0.2) is 0 Å². The van der Waals surface area contributed by atoms with Crippen molar-refractivity contribution in [3.63, 3.8) is 0 Å². The molecule has 0 spiro atoms. The van der Waals surface area contributed by atoms with Gasteiger partial charge < -0.3 is 14.8 Å². The number of hydrogen-bond donors (Lipinski definition) is 1. The summed E-state index contributed by atoms with van der Waals surface area (Å²) in [6.07, 6.45) is 9.09. The lowest BCUT2D eigenvalue weighted by atomic mass is 10.0. The van der Waals surface area contributed by atoms with Crippen molar-refractivity contribution in [1.82, 2.24) is 14.8 Å². The Bertz CT molecular complexity index is 1050. The van der Waals surface area contributed by atoms with Crippen LogP contribution < -0.4 is 4.90 Å². The van der Waals surface area contributed by atoms with E-state index in [0.717, 1.165) is 69.6 Å². The summed E-state index contributed by atoms with van der Waals surface area (Å²) in [5, 5.41) is 1.22. The zero-order valence-corrected chi connectivity index (χ0v) is 19.6. The molecule has 3 heterocycles. The monoisotopic (exact) mass is 444 g/mol. The van der Waals surface area contributed by atoms with Crippen molar-refractivity contribution >= 4 is 22.5 Å². The Morgan fingerprint density at radius 3 is 2.42 bits per heavy atom. The van der Waals surface area contributed by atoms with E-state index in [1.807, 2.05) is 11.0 Å². The summed E-state index contributed by atoms with van der Waals surface area (Å²) >= 11 is 0. The average Bonchev–Trinajstić information content (AvgIpc) is 3.30. The predicted molar refractivity (Wildman–Crippen MR) is 136 cm³/mol. The smallest absolute Gasteiger partial charge is 0.253 e. The van der Waals surface area contributed by atoms with Crippen LogP contribution in [-0.4, -0.2) is 66.5 Å². The molecule has 5 heteroatoms. The topological polar surface area (TPSA) is 42.6 Å². The number of fused-ring (bicyclic) bond motifs is 1. The molecule has 33 heavy (non-hydrogen) atoms. The van der Waals surface area contributed by atoms with E-state index in [2.05, 4.69) is 63.4 Å². The van der Waals surface area contributed by atoms with Gasteiger partial charge in [-0.15, -0.1) is 0 Å². The summed E-state index contributed by atoms with van der Waals surface area (Å²) in [6, 6.07) is 16.9. The van der Waals surface area contributed by atoms with Crippen molar-refractivity contribution in [2.75, 3.05) is 50.7 Å². The van der Waals surface area contributed by atoms with Gasteiger partial charge in [0.1, 0.15) is 0 Å².